The van der Waals surface area contributed by atoms with E-state index >= 15 is 0 Å². The summed E-state index contributed by atoms with van der Waals surface area (Å²) in [5.74, 6) is 1.10. The van der Waals surface area contributed by atoms with E-state index < -0.39 is 6.10 Å². The molecule has 0 radical (unpaired) electrons. The highest BCUT2D eigenvalue weighted by Crippen LogP contribution is 2.25. The van der Waals surface area contributed by atoms with Crippen molar-refractivity contribution in [3.05, 3.63) is 35.7 Å². The largest absolute Gasteiger partial charge is 0.398 e. The molecule has 2 unspecified atom stereocenters. The lowest BCUT2D eigenvalue weighted by molar-refractivity contribution is 0.169. The molecule has 8 heteroatoms. The van der Waals surface area contributed by atoms with Crippen LogP contribution in [0.5, 0.6) is 0 Å². The van der Waals surface area contributed by atoms with Gasteiger partial charge in [-0.25, -0.2) is 4.98 Å². The van der Waals surface area contributed by atoms with E-state index in [0.717, 1.165) is 28.9 Å². The SMILES string of the molecule is CCC(Nc1nc(NCc2cc(C)ccc2N)c2ncn(C(C)C)c2n1)C(C)O. The average Bonchev–Trinajstić information content (AvgIpc) is 3.10. The third-order valence-corrected chi connectivity index (χ3v) is 5.06. The monoisotopic (exact) mass is 397 g/mol. The van der Waals surface area contributed by atoms with Gasteiger partial charge in [0.15, 0.2) is 17.0 Å². The van der Waals surface area contributed by atoms with Gasteiger partial charge in [-0.05, 0) is 45.7 Å². The molecule has 0 amide bonds. The standard InChI is InChI=1S/C21H31N7O/c1-6-17(14(5)29)25-21-26-19(18-20(27-21)28(11-24-18)12(2)3)23-10-15-9-13(4)7-8-16(15)22/h7-9,11-12,14,17,29H,6,10,22H2,1-5H3,(H2,23,25,26,27). The second-order valence-corrected chi connectivity index (χ2v) is 7.77. The molecule has 0 fully saturated rings. The number of imidazole rings is 1. The van der Waals surface area contributed by atoms with Crippen LogP contribution in [-0.2, 0) is 6.54 Å². The number of benzene rings is 1. The number of fused-ring (bicyclic) bond motifs is 1. The van der Waals surface area contributed by atoms with Crippen LogP contribution in [0.3, 0.4) is 0 Å². The number of nitrogens with one attached hydrogen (secondary N) is 2. The number of rotatable bonds is 8. The van der Waals surface area contributed by atoms with Crippen molar-refractivity contribution in [2.75, 3.05) is 16.4 Å². The van der Waals surface area contributed by atoms with Gasteiger partial charge in [-0.1, -0.05) is 24.6 Å². The molecule has 3 rings (SSSR count). The molecular weight excluding hydrogens is 366 g/mol. The van der Waals surface area contributed by atoms with Gasteiger partial charge in [-0.2, -0.15) is 9.97 Å². The van der Waals surface area contributed by atoms with Gasteiger partial charge in [0.25, 0.3) is 0 Å². The average molecular weight is 398 g/mol. The zero-order valence-electron chi connectivity index (χ0n) is 17.8. The van der Waals surface area contributed by atoms with E-state index in [1.807, 2.05) is 30.5 Å². The number of nitrogen functional groups attached to an aromatic ring is 1. The molecule has 2 atom stereocenters. The Bertz CT molecular complexity index is 981. The lowest BCUT2D eigenvalue weighted by Crippen LogP contribution is -2.31. The molecule has 0 aliphatic carbocycles. The quantitative estimate of drug-likeness (QED) is 0.430. The van der Waals surface area contributed by atoms with E-state index in [1.165, 1.54) is 0 Å². The Morgan fingerprint density at radius 3 is 2.62 bits per heavy atom. The second kappa shape index (κ2) is 8.65. The molecule has 0 bridgehead atoms. The Hall–Kier alpha value is -2.87. The molecule has 5 N–H and O–H groups in total. The van der Waals surface area contributed by atoms with E-state index in [2.05, 4.69) is 45.5 Å². The molecule has 2 heterocycles. The number of nitrogens with two attached hydrogens (primary N) is 1. The summed E-state index contributed by atoms with van der Waals surface area (Å²) in [6, 6.07) is 6.05. The Morgan fingerprint density at radius 2 is 1.97 bits per heavy atom. The molecule has 2 aromatic heterocycles. The maximum Gasteiger partial charge on any atom is 0.227 e. The molecule has 0 aliphatic rings. The fourth-order valence-electron chi connectivity index (χ4n) is 3.28. The van der Waals surface area contributed by atoms with Crippen molar-refractivity contribution in [2.45, 2.75) is 65.8 Å². The smallest absolute Gasteiger partial charge is 0.227 e. The summed E-state index contributed by atoms with van der Waals surface area (Å²) in [6.45, 7) is 10.5. The first kappa shape index (κ1) is 20.9. The van der Waals surface area contributed by atoms with E-state index in [1.54, 1.807) is 13.3 Å². The molecule has 3 aromatic rings. The molecule has 1 aromatic carbocycles. The molecular formula is C21H31N7O. The van der Waals surface area contributed by atoms with Gasteiger partial charge in [0.1, 0.15) is 0 Å². The van der Waals surface area contributed by atoms with Crippen LogP contribution in [-0.4, -0.2) is 36.8 Å². The molecule has 29 heavy (non-hydrogen) atoms. The zero-order valence-corrected chi connectivity index (χ0v) is 17.8. The van der Waals surface area contributed by atoms with E-state index in [4.69, 9.17) is 5.73 Å². The lowest BCUT2D eigenvalue weighted by atomic mass is 10.1. The van der Waals surface area contributed by atoms with Crippen molar-refractivity contribution in [3.8, 4) is 0 Å². The van der Waals surface area contributed by atoms with Crippen LogP contribution >= 0.6 is 0 Å². The highest BCUT2D eigenvalue weighted by Gasteiger charge is 2.18. The molecule has 0 saturated heterocycles. The maximum absolute atomic E-state index is 10.0. The summed E-state index contributed by atoms with van der Waals surface area (Å²) in [5.41, 5.74) is 10.5. The van der Waals surface area contributed by atoms with Crippen LogP contribution in [0.1, 0.15) is 51.3 Å². The highest BCUT2D eigenvalue weighted by molar-refractivity contribution is 5.84. The van der Waals surface area contributed by atoms with Gasteiger partial charge < -0.3 is 26.0 Å². The lowest BCUT2D eigenvalue weighted by Gasteiger charge is -2.20. The minimum Gasteiger partial charge on any atom is -0.398 e. The molecule has 156 valence electrons. The third kappa shape index (κ3) is 4.59. The Morgan fingerprint density at radius 1 is 1.21 bits per heavy atom. The molecule has 0 saturated carbocycles. The number of aryl methyl sites for hydroxylation is 1. The predicted octanol–water partition coefficient (Wildman–Crippen LogP) is 3.48. The highest BCUT2D eigenvalue weighted by atomic mass is 16.3. The minimum absolute atomic E-state index is 0.136. The predicted molar refractivity (Wildman–Crippen MR) is 118 cm³/mol. The normalized spacial score (nSPS) is 13.6. The molecule has 8 nitrogen and oxygen atoms in total. The third-order valence-electron chi connectivity index (χ3n) is 5.06. The van der Waals surface area contributed by atoms with E-state index in [0.29, 0.717) is 23.8 Å². The first-order valence-corrected chi connectivity index (χ1v) is 10.1. The number of hydrogen-bond donors (Lipinski definition) is 4. The number of aliphatic hydroxyl groups is 1. The number of nitrogens with zero attached hydrogens (tertiary/aromatic N) is 4. The van der Waals surface area contributed by atoms with Crippen molar-refractivity contribution in [3.63, 3.8) is 0 Å². The summed E-state index contributed by atoms with van der Waals surface area (Å²) in [5, 5.41) is 16.6. The summed E-state index contributed by atoms with van der Waals surface area (Å²) in [6.07, 6.45) is 2.02. The first-order valence-electron chi connectivity index (χ1n) is 10.1. The summed E-state index contributed by atoms with van der Waals surface area (Å²) in [7, 11) is 0. The topological polar surface area (TPSA) is 114 Å². The second-order valence-electron chi connectivity index (χ2n) is 7.77. The van der Waals surface area contributed by atoms with Crippen LogP contribution in [0.25, 0.3) is 11.2 Å². The number of hydrogen-bond acceptors (Lipinski definition) is 7. The number of aliphatic hydroxyl groups excluding tert-OH is 1. The molecule has 0 aliphatic heterocycles. The van der Waals surface area contributed by atoms with Crippen molar-refractivity contribution in [1.82, 2.24) is 19.5 Å². The van der Waals surface area contributed by atoms with E-state index in [-0.39, 0.29) is 12.1 Å². The van der Waals surface area contributed by atoms with Crippen LogP contribution in [0, 0.1) is 6.92 Å². The fourth-order valence-corrected chi connectivity index (χ4v) is 3.28. The summed E-state index contributed by atoms with van der Waals surface area (Å²) >= 11 is 0. The van der Waals surface area contributed by atoms with Gasteiger partial charge in [-0.15, -0.1) is 0 Å². The van der Waals surface area contributed by atoms with Crippen molar-refractivity contribution < 1.29 is 5.11 Å². The zero-order chi connectivity index (χ0) is 21.1. The van der Waals surface area contributed by atoms with Crippen molar-refractivity contribution in [1.29, 1.82) is 0 Å². The van der Waals surface area contributed by atoms with Crippen molar-refractivity contribution >= 4 is 28.6 Å². The Balaban J connectivity index is 1.98. The first-order chi connectivity index (χ1) is 13.8. The van der Waals surface area contributed by atoms with Gasteiger partial charge in [0, 0.05) is 18.3 Å². The van der Waals surface area contributed by atoms with E-state index in [9.17, 15) is 5.11 Å². The summed E-state index contributed by atoms with van der Waals surface area (Å²) in [4.78, 5) is 13.9. The fraction of sp³-hybridized carbons (Fsp3) is 0.476. The molecule has 0 spiro atoms. The van der Waals surface area contributed by atoms with Gasteiger partial charge in [0.05, 0.1) is 18.5 Å². The van der Waals surface area contributed by atoms with Crippen LogP contribution in [0.2, 0.25) is 0 Å². The number of aromatic nitrogens is 4. The summed E-state index contributed by atoms with van der Waals surface area (Å²) < 4.78 is 2.01. The minimum atomic E-state index is -0.516. The number of anilines is 3. The van der Waals surface area contributed by atoms with Gasteiger partial charge in [-0.3, -0.25) is 0 Å². The van der Waals surface area contributed by atoms with Crippen LogP contribution in [0.4, 0.5) is 17.5 Å². The Labute approximate surface area is 171 Å². The maximum atomic E-state index is 10.0. The van der Waals surface area contributed by atoms with Crippen molar-refractivity contribution in [2.24, 2.45) is 0 Å². The van der Waals surface area contributed by atoms with Gasteiger partial charge in [0.2, 0.25) is 5.95 Å². The van der Waals surface area contributed by atoms with Crippen LogP contribution in [0.15, 0.2) is 24.5 Å². The Kier molecular flexibility index (Phi) is 6.22. The van der Waals surface area contributed by atoms with Gasteiger partial charge >= 0.3 is 0 Å². The van der Waals surface area contributed by atoms with Crippen LogP contribution < -0.4 is 16.4 Å².